The van der Waals surface area contributed by atoms with Crippen LogP contribution in [0.1, 0.15) is 20.3 Å². The van der Waals surface area contributed by atoms with Crippen molar-refractivity contribution in [3.63, 3.8) is 0 Å². The van der Waals surface area contributed by atoms with E-state index in [0.717, 1.165) is 5.82 Å². The van der Waals surface area contributed by atoms with Gasteiger partial charge in [-0.2, -0.15) is 0 Å². The number of aromatic nitrogens is 1. The topological polar surface area (TPSA) is 91.8 Å². The zero-order valence-electron chi connectivity index (χ0n) is 14.1. The van der Waals surface area contributed by atoms with Crippen LogP contribution in [0, 0.1) is 0 Å². The molecule has 0 unspecified atom stereocenters. The van der Waals surface area contributed by atoms with E-state index in [9.17, 15) is 13.2 Å². The van der Waals surface area contributed by atoms with Crippen molar-refractivity contribution in [3.05, 3.63) is 18.3 Å². The van der Waals surface area contributed by atoms with Gasteiger partial charge in [-0.05, 0) is 25.5 Å². The number of carbonyl (C=O) groups excluding carboxylic acids is 1. The molecule has 0 atom stereocenters. The molecule has 0 aromatic carbocycles. The number of hydrogen-bond acceptors (Lipinski definition) is 6. The molecule has 0 bridgehead atoms. The maximum atomic E-state index is 11.7. The molecule has 1 N–H and O–H groups in total. The van der Waals surface area contributed by atoms with Gasteiger partial charge >= 0.3 is 6.09 Å². The summed E-state index contributed by atoms with van der Waals surface area (Å²) >= 11 is 0. The molecule has 1 aliphatic rings. The fraction of sp³-hybridized carbons (Fsp3) is 0.600. The maximum Gasteiger partial charge on any atom is 0.409 e. The summed E-state index contributed by atoms with van der Waals surface area (Å²) in [6.07, 6.45) is 1.79. The molecule has 1 aliphatic heterocycles. The number of rotatable bonds is 6. The fourth-order valence-electron chi connectivity index (χ4n) is 2.47. The van der Waals surface area contributed by atoms with Crippen molar-refractivity contribution in [1.29, 1.82) is 0 Å². The summed E-state index contributed by atoms with van der Waals surface area (Å²) in [5.74, 6) is 0.849. The van der Waals surface area contributed by atoms with E-state index in [-0.39, 0.29) is 11.8 Å². The minimum absolute atomic E-state index is 0.0879. The second kappa shape index (κ2) is 8.18. The number of anilines is 2. The van der Waals surface area contributed by atoms with E-state index in [0.29, 0.717) is 44.9 Å². The first-order valence-corrected chi connectivity index (χ1v) is 9.73. The SMILES string of the molecule is CCCS(=O)(=O)Nc1ccc(N2CCN(C(=O)OCC)CC2)nc1. The highest BCUT2D eigenvalue weighted by molar-refractivity contribution is 7.92. The Morgan fingerprint density at radius 1 is 1.25 bits per heavy atom. The molecule has 0 saturated carbocycles. The van der Waals surface area contributed by atoms with Crippen molar-refractivity contribution in [3.8, 4) is 0 Å². The van der Waals surface area contributed by atoms with Gasteiger partial charge in [-0.15, -0.1) is 0 Å². The number of amides is 1. The van der Waals surface area contributed by atoms with E-state index >= 15 is 0 Å². The molecule has 0 aliphatic carbocycles. The van der Waals surface area contributed by atoms with Gasteiger partial charge in [0.2, 0.25) is 10.0 Å². The van der Waals surface area contributed by atoms with Crippen LogP contribution >= 0.6 is 0 Å². The smallest absolute Gasteiger partial charge is 0.409 e. The van der Waals surface area contributed by atoms with Crippen LogP contribution in [0.3, 0.4) is 0 Å². The van der Waals surface area contributed by atoms with E-state index in [1.807, 2.05) is 6.92 Å². The Morgan fingerprint density at radius 2 is 1.96 bits per heavy atom. The zero-order valence-corrected chi connectivity index (χ0v) is 14.9. The lowest BCUT2D eigenvalue weighted by Gasteiger charge is -2.34. The molecule has 2 heterocycles. The highest BCUT2D eigenvalue weighted by atomic mass is 32.2. The van der Waals surface area contributed by atoms with Crippen LogP contribution in [0.5, 0.6) is 0 Å². The Bertz CT molecular complexity index is 640. The minimum atomic E-state index is -3.31. The third kappa shape index (κ3) is 4.98. The summed E-state index contributed by atoms with van der Waals surface area (Å²) in [5, 5.41) is 0. The van der Waals surface area contributed by atoms with Gasteiger partial charge in [-0.25, -0.2) is 18.2 Å². The molecule has 9 heteroatoms. The Kier molecular flexibility index (Phi) is 6.24. The van der Waals surface area contributed by atoms with Crippen molar-refractivity contribution in [1.82, 2.24) is 9.88 Å². The van der Waals surface area contributed by atoms with Crippen molar-refractivity contribution in [2.24, 2.45) is 0 Å². The zero-order chi connectivity index (χ0) is 17.6. The van der Waals surface area contributed by atoms with E-state index < -0.39 is 10.0 Å². The summed E-state index contributed by atoms with van der Waals surface area (Å²) in [6.45, 7) is 6.44. The quantitative estimate of drug-likeness (QED) is 0.831. The average molecular weight is 356 g/mol. The number of nitrogens with zero attached hydrogens (tertiary/aromatic N) is 3. The van der Waals surface area contributed by atoms with Gasteiger partial charge in [0.15, 0.2) is 0 Å². The second-order valence-electron chi connectivity index (χ2n) is 5.50. The van der Waals surface area contributed by atoms with Gasteiger partial charge in [-0.3, -0.25) is 4.72 Å². The molecule has 1 saturated heterocycles. The Hall–Kier alpha value is -2.03. The Labute approximate surface area is 142 Å². The van der Waals surface area contributed by atoms with Crippen LogP contribution < -0.4 is 9.62 Å². The molecule has 2 rings (SSSR count). The highest BCUT2D eigenvalue weighted by Gasteiger charge is 2.22. The normalized spacial score (nSPS) is 15.2. The van der Waals surface area contributed by atoms with Gasteiger partial charge in [0.25, 0.3) is 0 Å². The van der Waals surface area contributed by atoms with Gasteiger partial charge < -0.3 is 14.5 Å². The van der Waals surface area contributed by atoms with Gasteiger partial charge in [0.05, 0.1) is 24.2 Å². The molecule has 24 heavy (non-hydrogen) atoms. The number of ether oxygens (including phenoxy) is 1. The first kappa shape index (κ1) is 18.3. The van der Waals surface area contributed by atoms with E-state index in [4.69, 9.17) is 4.74 Å². The Morgan fingerprint density at radius 3 is 2.50 bits per heavy atom. The summed E-state index contributed by atoms with van der Waals surface area (Å²) in [5.41, 5.74) is 0.456. The molecule has 8 nitrogen and oxygen atoms in total. The molecule has 1 aromatic heterocycles. The number of nitrogens with one attached hydrogen (secondary N) is 1. The monoisotopic (exact) mass is 356 g/mol. The van der Waals surface area contributed by atoms with Crippen LogP contribution in [0.4, 0.5) is 16.3 Å². The van der Waals surface area contributed by atoms with E-state index in [1.165, 1.54) is 6.20 Å². The van der Waals surface area contributed by atoms with Gasteiger partial charge in [0, 0.05) is 26.2 Å². The number of hydrogen-bond donors (Lipinski definition) is 1. The van der Waals surface area contributed by atoms with Crippen LogP contribution in [0.2, 0.25) is 0 Å². The number of pyridine rings is 1. The lowest BCUT2D eigenvalue weighted by atomic mass is 10.3. The van der Waals surface area contributed by atoms with Crippen molar-refractivity contribution < 1.29 is 17.9 Å². The summed E-state index contributed by atoms with van der Waals surface area (Å²) in [6, 6.07) is 3.48. The fourth-order valence-corrected chi connectivity index (χ4v) is 3.59. The van der Waals surface area contributed by atoms with Crippen LogP contribution in [-0.2, 0) is 14.8 Å². The van der Waals surface area contributed by atoms with Gasteiger partial charge in [0.1, 0.15) is 5.82 Å². The van der Waals surface area contributed by atoms with Crippen molar-refractivity contribution in [2.45, 2.75) is 20.3 Å². The van der Waals surface area contributed by atoms with E-state index in [2.05, 4.69) is 14.6 Å². The molecular formula is C15H24N4O4S. The summed E-state index contributed by atoms with van der Waals surface area (Å²) < 4.78 is 31.0. The molecular weight excluding hydrogens is 332 g/mol. The molecule has 1 fully saturated rings. The summed E-state index contributed by atoms with van der Waals surface area (Å²) in [7, 11) is -3.31. The minimum Gasteiger partial charge on any atom is -0.450 e. The molecule has 0 radical (unpaired) electrons. The molecule has 0 spiro atoms. The van der Waals surface area contributed by atoms with Crippen LogP contribution in [-0.4, -0.2) is 62.9 Å². The maximum absolute atomic E-state index is 11.7. The number of piperazine rings is 1. The molecule has 1 amide bonds. The standard InChI is InChI=1S/C15H24N4O4S/c1-3-11-24(21,22)17-13-5-6-14(16-12-13)18-7-9-19(10-8-18)15(20)23-4-2/h5-6,12,17H,3-4,7-11H2,1-2H3. The molecule has 134 valence electrons. The molecule has 1 aromatic rings. The van der Waals surface area contributed by atoms with Gasteiger partial charge in [-0.1, -0.05) is 6.92 Å². The highest BCUT2D eigenvalue weighted by Crippen LogP contribution is 2.17. The number of sulfonamides is 1. The third-order valence-corrected chi connectivity index (χ3v) is 5.12. The van der Waals surface area contributed by atoms with Crippen molar-refractivity contribution >= 4 is 27.6 Å². The van der Waals surface area contributed by atoms with E-state index in [1.54, 1.807) is 24.0 Å². The lowest BCUT2D eigenvalue weighted by Crippen LogP contribution is -2.49. The predicted octanol–water partition coefficient (Wildman–Crippen LogP) is 1.51. The summed E-state index contributed by atoms with van der Waals surface area (Å²) in [4.78, 5) is 19.7. The lowest BCUT2D eigenvalue weighted by molar-refractivity contribution is 0.105. The van der Waals surface area contributed by atoms with Crippen LogP contribution in [0.25, 0.3) is 0 Å². The first-order chi connectivity index (χ1) is 11.4. The first-order valence-electron chi connectivity index (χ1n) is 8.08. The third-order valence-electron chi connectivity index (χ3n) is 3.62. The van der Waals surface area contributed by atoms with Crippen LogP contribution in [0.15, 0.2) is 18.3 Å². The second-order valence-corrected chi connectivity index (χ2v) is 7.34. The van der Waals surface area contributed by atoms with Crippen molar-refractivity contribution in [2.75, 3.05) is 48.2 Å². The average Bonchev–Trinajstić information content (AvgIpc) is 2.55. The largest absolute Gasteiger partial charge is 0.450 e. The predicted molar refractivity (Wildman–Crippen MR) is 92.7 cm³/mol. The Balaban J connectivity index is 1.92. The number of carbonyl (C=O) groups is 1.